The van der Waals surface area contributed by atoms with Gasteiger partial charge in [-0.25, -0.2) is 14.4 Å². The minimum Gasteiger partial charge on any atom is -0.330 e. The summed E-state index contributed by atoms with van der Waals surface area (Å²) in [7, 11) is 24.7. The van der Waals surface area contributed by atoms with Gasteiger partial charge < -0.3 is 9.88 Å². The van der Waals surface area contributed by atoms with E-state index in [0.29, 0.717) is 5.69 Å². The summed E-state index contributed by atoms with van der Waals surface area (Å²) in [5.74, 6) is -0.582. The molecule has 6 nitrogen and oxygen atoms in total. The number of aromatic nitrogens is 4. The molecule has 0 saturated carbocycles. The van der Waals surface area contributed by atoms with E-state index in [2.05, 4.69) is 20.3 Å². The summed E-state index contributed by atoms with van der Waals surface area (Å²) in [6.45, 7) is 1.90. The van der Waals surface area contributed by atoms with Crippen LogP contribution in [0.25, 0.3) is 22.2 Å². The summed E-state index contributed by atoms with van der Waals surface area (Å²) in [4.78, 5) is 25.7. The largest absolute Gasteiger partial charge is 0.330 e. The fourth-order valence-electron chi connectivity index (χ4n) is 3.21. The molecule has 3 aromatic heterocycles. The zero-order chi connectivity index (χ0) is 22.4. The minimum atomic E-state index is -0.958. The predicted molar refractivity (Wildman–Crippen MR) is 122 cm³/mol. The number of benzene rings is 1. The van der Waals surface area contributed by atoms with Crippen molar-refractivity contribution in [2.45, 2.75) is 6.92 Å². The zero-order valence-corrected chi connectivity index (χ0v) is 16.8. The Hall–Kier alpha value is -3.35. The van der Waals surface area contributed by atoms with Crippen LogP contribution in [0.2, 0.25) is 0 Å². The molecule has 3 heterocycles. The first-order valence-electron chi connectivity index (χ1n) is 9.16. The Labute approximate surface area is 183 Å². The maximum Gasteiger partial charge on any atom is 0.255 e. The Morgan fingerprint density at radius 2 is 1.58 bits per heavy atom. The van der Waals surface area contributed by atoms with Crippen molar-refractivity contribution >= 4 is 75.7 Å². The number of hydrogen-bond donors (Lipinski definition) is 1. The Morgan fingerprint density at radius 3 is 2.19 bits per heavy atom. The molecule has 0 atom stereocenters. The monoisotopic (exact) mass is 401 g/mol. The van der Waals surface area contributed by atoms with Crippen LogP contribution in [0, 0.1) is 12.7 Å². The van der Waals surface area contributed by atoms with Crippen molar-refractivity contribution in [2.75, 3.05) is 5.32 Å². The SMILES string of the molecule is [B]c1c([B])c(C(=O)Nc2cc3cc(-c4cnc(C)n4C)ncc3cn2)c([B])c([B])c1F. The highest BCUT2D eigenvalue weighted by Gasteiger charge is 2.19. The van der Waals surface area contributed by atoms with E-state index in [1.165, 1.54) is 0 Å². The van der Waals surface area contributed by atoms with Crippen molar-refractivity contribution in [1.29, 1.82) is 0 Å². The second-order valence-corrected chi connectivity index (χ2v) is 7.03. The average molecular weight is 401 g/mol. The number of nitrogens with one attached hydrogen (secondary N) is 1. The molecule has 1 amide bonds. The molecule has 142 valence electrons. The van der Waals surface area contributed by atoms with E-state index in [9.17, 15) is 9.18 Å². The first kappa shape index (κ1) is 20.9. The third-order valence-corrected chi connectivity index (χ3v) is 5.15. The number of aryl methyl sites for hydroxylation is 1. The quantitative estimate of drug-likeness (QED) is 0.444. The number of halogens is 1. The summed E-state index contributed by atoms with van der Waals surface area (Å²) in [5, 5.41) is 4.16. The second-order valence-electron chi connectivity index (χ2n) is 7.03. The van der Waals surface area contributed by atoms with Crippen LogP contribution in [-0.4, -0.2) is 56.8 Å². The standard InChI is InChI=1S/C20H12B4FN5O/c1-8-26-7-12(30(8)2)11-3-9-4-13(28-6-10(9)5-27-11)29-20(31)14-15(21)17(23)19(25)18(24)16(14)22/h3-7H,1-2H3,(H,28,29,31). The number of imidazole rings is 1. The van der Waals surface area contributed by atoms with Crippen LogP contribution >= 0.6 is 0 Å². The van der Waals surface area contributed by atoms with E-state index in [4.69, 9.17) is 31.4 Å². The van der Waals surface area contributed by atoms with E-state index in [-0.39, 0.29) is 22.3 Å². The summed E-state index contributed by atoms with van der Waals surface area (Å²) in [6, 6.07) is 3.53. The number of pyridine rings is 2. The number of nitrogens with zero attached hydrogens (tertiary/aromatic N) is 4. The molecule has 1 aromatic carbocycles. The lowest BCUT2D eigenvalue weighted by molar-refractivity contribution is 0.102. The fraction of sp³-hybridized carbons (Fsp3) is 0.100. The van der Waals surface area contributed by atoms with Gasteiger partial charge in [-0.3, -0.25) is 9.78 Å². The van der Waals surface area contributed by atoms with Gasteiger partial charge in [-0.15, -0.1) is 0 Å². The zero-order valence-electron chi connectivity index (χ0n) is 16.8. The lowest BCUT2D eigenvalue weighted by atomic mass is 9.66. The molecule has 0 spiro atoms. The molecule has 0 aliphatic heterocycles. The molecule has 0 aliphatic carbocycles. The van der Waals surface area contributed by atoms with Crippen LogP contribution in [0.15, 0.2) is 30.7 Å². The molecule has 8 radical (unpaired) electrons. The molecule has 0 unspecified atom stereocenters. The minimum absolute atomic E-state index is 0.209. The lowest BCUT2D eigenvalue weighted by Crippen LogP contribution is -2.49. The maximum absolute atomic E-state index is 13.9. The van der Waals surface area contributed by atoms with Gasteiger partial charge in [-0.1, -0.05) is 21.9 Å². The first-order valence-corrected chi connectivity index (χ1v) is 9.16. The van der Waals surface area contributed by atoms with Crippen molar-refractivity contribution < 1.29 is 9.18 Å². The number of fused-ring (bicyclic) bond motifs is 1. The van der Waals surface area contributed by atoms with E-state index in [1.807, 2.05) is 24.6 Å². The predicted octanol–water partition coefficient (Wildman–Crippen LogP) is -1.09. The molecule has 0 fully saturated rings. The molecule has 0 saturated heterocycles. The van der Waals surface area contributed by atoms with Gasteiger partial charge in [0.15, 0.2) is 0 Å². The number of rotatable bonds is 3. The van der Waals surface area contributed by atoms with Crippen LogP contribution in [0.5, 0.6) is 0 Å². The third-order valence-electron chi connectivity index (χ3n) is 5.15. The van der Waals surface area contributed by atoms with Gasteiger partial charge in [-0.2, -0.15) is 0 Å². The smallest absolute Gasteiger partial charge is 0.255 e. The topological polar surface area (TPSA) is 72.7 Å². The van der Waals surface area contributed by atoms with Crippen LogP contribution in [0.4, 0.5) is 10.2 Å². The normalized spacial score (nSPS) is 11.1. The summed E-state index contributed by atoms with van der Waals surface area (Å²) in [6.07, 6.45) is 4.99. The number of carbonyl (C=O) groups is 1. The fourth-order valence-corrected chi connectivity index (χ4v) is 3.21. The number of anilines is 1. The highest BCUT2D eigenvalue weighted by atomic mass is 19.1. The Morgan fingerprint density at radius 1 is 0.935 bits per heavy atom. The molecule has 31 heavy (non-hydrogen) atoms. The van der Waals surface area contributed by atoms with Gasteiger partial charge in [0.1, 0.15) is 48.8 Å². The van der Waals surface area contributed by atoms with Crippen molar-refractivity contribution in [3.8, 4) is 11.4 Å². The number of hydrogen-bond acceptors (Lipinski definition) is 4. The maximum atomic E-state index is 13.9. The lowest BCUT2D eigenvalue weighted by Gasteiger charge is -2.18. The van der Waals surface area contributed by atoms with Gasteiger partial charge >= 0.3 is 0 Å². The summed E-state index contributed by atoms with van der Waals surface area (Å²) < 4.78 is 15.9. The molecular formula is C20H12B4FN5O. The Balaban J connectivity index is 1.71. The molecule has 1 N–H and O–H groups in total. The molecular weight excluding hydrogens is 389 g/mol. The van der Waals surface area contributed by atoms with Gasteiger partial charge in [0.05, 0.1) is 17.6 Å². The van der Waals surface area contributed by atoms with Crippen molar-refractivity contribution in [3.63, 3.8) is 0 Å². The summed E-state index contributed by atoms with van der Waals surface area (Å²) >= 11 is 0. The Kier molecular flexibility index (Phi) is 5.21. The van der Waals surface area contributed by atoms with E-state index in [1.54, 1.807) is 24.7 Å². The first-order chi connectivity index (χ1) is 14.7. The van der Waals surface area contributed by atoms with E-state index < -0.39 is 22.7 Å². The van der Waals surface area contributed by atoms with Crippen molar-refractivity contribution in [1.82, 2.24) is 19.5 Å². The molecule has 0 aliphatic rings. The second kappa shape index (κ2) is 7.72. The number of amides is 1. The Bertz CT molecular complexity index is 1340. The van der Waals surface area contributed by atoms with Gasteiger partial charge in [0.25, 0.3) is 5.91 Å². The number of carbonyl (C=O) groups excluding carboxylic acids is 1. The third kappa shape index (κ3) is 3.54. The molecule has 4 rings (SSSR count). The molecule has 4 aromatic rings. The van der Waals surface area contributed by atoms with Crippen LogP contribution in [0.3, 0.4) is 0 Å². The van der Waals surface area contributed by atoms with Crippen LogP contribution < -0.4 is 27.2 Å². The average Bonchev–Trinajstić information content (AvgIpc) is 3.09. The highest BCUT2D eigenvalue weighted by Crippen LogP contribution is 2.23. The molecule has 0 bridgehead atoms. The van der Waals surface area contributed by atoms with Gasteiger partial charge in [0, 0.05) is 30.4 Å². The van der Waals surface area contributed by atoms with Gasteiger partial charge in [-0.05, 0) is 24.4 Å². The summed E-state index contributed by atoms with van der Waals surface area (Å²) in [5.41, 5.74) is -0.109. The van der Waals surface area contributed by atoms with Crippen molar-refractivity contribution in [2.24, 2.45) is 7.05 Å². The van der Waals surface area contributed by atoms with E-state index >= 15 is 0 Å². The highest BCUT2D eigenvalue weighted by molar-refractivity contribution is 6.59. The van der Waals surface area contributed by atoms with Crippen LogP contribution in [-0.2, 0) is 7.05 Å². The van der Waals surface area contributed by atoms with Crippen LogP contribution in [0.1, 0.15) is 16.2 Å². The van der Waals surface area contributed by atoms with E-state index in [0.717, 1.165) is 22.3 Å². The van der Waals surface area contributed by atoms with Crippen molar-refractivity contribution in [3.05, 3.63) is 47.9 Å². The van der Waals surface area contributed by atoms with Gasteiger partial charge in [0.2, 0.25) is 0 Å². The molecule has 11 heteroatoms.